The molecule has 0 saturated heterocycles. The van der Waals surface area contributed by atoms with E-state index in [9.17, 15) is 0 Å². The first-order chi connectivity index (χ1) is 6.99. The zero-order chi connectivity index (χ0) is 11.9. The van der Waals surface area contributed by atoms with Gasteiger partial charge in [0.25, 0.3) is 0 Å². The number of thiol groups is 1. The number of hydrogen-bond donors (Lipinski definition) is 1. The van der Waals surface area contributed by atoms with E-state index in [0.29, 0.717) is 5.41 Å². The quantitative estimate of drug-likeness (QED) is 0.623. The predicted molar refractivity (Wildman–Crippen MR) is 73.8 cm³/mol. The van der Waals surface area contributed by atoms with Crippen LogP contribution in [0.5, 0.6) is 0 Å². The van der Waals surface area contributed by atoms with Gasteiger partial charge in [-0.2, -0.15) is 12.6 Å². The average molecular weight is 231 g/mol. The van der Waals surface area contributed by atoms with Gasteiger partial charge in [0.15, 0.2) is 0 Å². The van der Waals surface area contributed by atoms with Crippen LogP contribution in [0, 0.1) is 11.3 Å². The molecule has 0 aromatic rings. The summed E-state index contributed by atoms with van der Waals surface area (Å²) in [7, 11) is 0. The van der Waals surface area contributed by atoms with Gasteiger partial charge in [0.2, 0.25) is 0 Å². The Hall–Kier alpha value is 0.310. The minimum Gasteiger partial charge on any atom is -0.303 e. The van der Waals surface area contributed by atoms with Crippen molar-refractivity contribution in [3.05, 3.63) is 0 Å². The Morgan fingerprint density at radius 1 is 1.13 bits per heavy atom. The van der Waals surface area contributed by atoms with E-state index >= 15 is 0 Å². The topological polar surface area (TPSA) is 3.24 Å². The zero-order valence-electron chi connectivity index (χ0n) is 11.2. The molecule has 0 unspecified atom stereocenters. The van der Waals surface area contributed by atoms with Crippen LogP contribution in [0.4, 0.5) is 0 Å². The summed E-state index contributed by atoms with van der Waals surface area (Å²) in [5, 5.41) is 0. The van der Waals surface area contributed by atoms with E-state index in [1.54, 1.807) is 0 Å². The monoisotopic (exact) mass is 231 g/mol. The van der Waals surface area contributed by atoms with Gasteiger partial charge < -0.3 is 4.90 Å². The first-order valence-electron chi connectivity index (χ1n) is 6.32. The van der Waals surface area contributed by atoms with Gasteiger partial charge in [-0.15, -0.1) is 0 Å². The standard InChI is InChI=1S/C13H29NS/c1-6-12(7-2)9-14(8-3)10-13(4,5)11-15/h12,15H,6-11H2,1-5H3. The molecule has 0 aromatic heterocycles. The van der Waals surface area contributed by atoms with Crippen LogP contribution in [0.1, 0.15) is 47.5 Å². The molecular formula is C13H29NS. The number of nitrogens with zero attached hydrogens (tertiary/aromatic N) is 1. The van der Waals surface area contributed by atoms with Gasteiger partial charge >= 0.3 is 0 Å². The highest BCUT2D eigenvalue weighted by Gasteiger charge is 2.20. The van der Waals surface area contributed by atoms with Crippen molar-refractivity contribution in [2.75, 3.05) is 25.4 Å². The smallest absolute Gasteiger partial charge is 0.00405 e. The molecule has 0 fully saturated rings. The molecule has 15 heavy (non-hydrogen) atoms. The Labute approximate surface area is 102 Å². The third kappa shape index (κ3) is 6.47. The molecule has 1 nitrogen and oxygen atoms in total. The molecule has 0 aromatic carbocycles. The maximum absolute atomic E-state index is 4.42. The second-order valence-corrected chi connectivity index (χ2v) is 5.65. The van der Waals surface area contributed by atoms with E-state index < -0.39 is 0 Å². The fourth-order valence-corrected chi connectivity index (χ4v) is 1.97. The van der Waals surface area contributed by atoms with Crippen molar-refractivity contribution in [2.45, 2.75) is 47.5 Å². The van der Waals surface area contributed by atoms with Gasteiger partial charge in [-0.05, 0) is 23.6 Å². The minimum atomic E-state index is 0.338. The number of rotatable bonds is 8. The van der Waals surface area contributed by atoms with E-state index in [1.807, 2.05) is 0 Å². The van der Waals surface area contributed by atoms with E-state index in [-0.39, 0.29) is 0 Å². The van der Waals surface area contributed by atoms with Crippen molar-refractivity contribution in [1.82, 2.24) is 4.90 Å². The normalized spacial score (nSPS) is 12.8. The maximum atomic E-state index is 4.42. The molecule has 0 saturated carbocycles. The lowest BCUT2D eigenvalue weighted by atomic mass is 9.94. The molecule has 0 aliphatic carbocycles. The molecule has 0 bridgehead atoms. The summed E-state index contributed by atoms with van der Waals surface area (Å²) in [5.41, 5.74) is 0.338. The van der Waals surface area contributed by atoms with Crippen LogP contribution in [0.25, 0.3) is 0 Å². The third-order valence-electron chi connectivity index (χ3n) is 3.20. The van der Waals surface area contributed by atoms with Crippen molar-refractivity contribution in [2.24, 2.45) is 11.3 Å². The Morgan fingerprint density at radius 2 is 1.67 bits per heavy atom. The summed E-state index contributed by atoms with van der Waals surface area (Å²) in [5.74, 6) is 1.83. The first kappa shape index (κ1) is 15.3. The average Bonchev–Trinajstić information content (AvgIpc) is 2.24. The maximum Gasteiger partial charge on any atom is 0.00405 e. The fourth-order valence-electron chi connectivity index (χ4n) is 1.87. The van der Waals surface area contributed by atoms with Crippen LogP contribution in [-0.2, 0) is 0 Å². The highest BCUT2D eigenvalue weighted by molar-refractivity contribution is 7.80. The summed E-state index contributed by atoms with van der Waals surface area (Å²) >= 11 is 4.42. The van der Waals surface area contributed by atoms with E-state index in [4.69, 9.17) is 0 Å². The van der Waals surface area contributed by atoms with E-state index in [1.165, 1.54) is 25.9 Å². The number of hydrogen-bond acceptors (Lipinski definition) is 2. The molecule has 0 aliphatic heterocycles. The summed E-state index contributed by atoms with van der Waals surface area (Å²) in [4.78, 5) is 2.58. The molecule has 0 aliphatic rings. The zero-order valence-corrected chi connectivity index (χ0v) is 12.1. The van der Waals surface area contributed by atoms with Gasteiger partial charge in [-0.25, -0.2) is 0 Å². The lowest BCUT2D eigenvalue weighted by molar-refractivity contribution is 0.172. The van der Waals surface area contributed by atoms with Gasteiger partial charge in [-0.3, -0.25) is 0 Å². The summed E-state index contributed by atoms with van der Waals surface area (Å²) < 4.78 is 0. The largest absolute Gasteiger partial charge is 0.303 e. The molecule has 0 N–H and O–H groups in total. The molecule has 0 rings (SSSR count). The fraction of sp³-hybridized carbons (Fsp3) is 1.00. The van der Waals surface area contributed by atoms with Crippen molar-refractivity contribution in [3.8, 4) is 0 Å². The van der Waals surface area contributed by atoms with Crippen molar-refractivity contribution < 1.29 is 0 Å². The van der Waals surface area contributed by atoms with Crippen molar-refractivity contribution in [1.29, 1.82) is 0 Å². The van der Waals surface area contributed by atoms with Crippen LogP contribution < -0.4 is 0 Å². The van der Waals surface area contributed by atoms with Gasteiger partial charge in [0, 0.05) is 13.1 Å². The first-order valence-corrected chi connectivity index (χ1v) is 6.95. The van der Waals surface area contributed by atoms with E-state index in [0.717, 1.165) is 18.2 Å². The van der Waals surface area contributed by atoms with Crippen LogP contribution >= 0.6 is 12.6 Å². The molecule has 0 heterocycles. The molecular weight excluding hydrogens is 202 g/mol. The summed E-state index contributed by atoms with van der Waals surface area (Å²) in [6.45, 7) is 15.0. The van der Waals surface area contributed by atoms with Crippen LogP contribution in [0.2, 0.25) is 0 Å². The van der Waals surface area contributed by atoms with Crippen LogP contribution in [0.15, 0.2) is 0 Å². The Kier molecular flexibility index (Phi) is 7.72. The predicted octanol–water partition coefficient (Wildman–Crippen LogP) is 3.70. The molecule has 2 heteroatoms. The Morgan fingerprint density at radius 3 is 2.00 bits per heavy atom. The molecule has 92 valence electrons. The van der Waals surface area contributed by atoms with Crippen molar-refractivity contribution >= 4 is 12.6 Å². The van der Waals surface area contributed by atoms with Crippen molar-refractivity contribution in [3.63, 3.8) is 0 Å². The van der Waals surface area contributed by atoms with Crippen LogP contribution in [-0.4, -0.2) is 30.3 Å². The van der Waals surface area contributed by atoms with E-state index in [2.05, 4.69) is 52.1 Å². The second kappa shape index (κ2) is 7.56. The molecule has 0 amide bonds. The third-order valence-corrected chi connectivity index (χ3v) is 4.05. The van der Waals surface area contributed by atoms with Gasteiger partial charge in [0.1, 0.15) is 0 Å². The molecule has 0 atom stereocenters. The second-order valence-electron chi connectivity index (χ2n) is 5.33. The lowest BCUT2D eigenvalue weighted by Gasteiger charge is -2.33. The Balaban J connectivity index is 4.13. The van der Waals surface area contributed by atoms with Gasteiger partial charge in [-0.1, -0.05) is 47.5 Å². The molecule has 0 radical (unpaired) electrons. The Bertz CT molecular complexity index is 153. The van der Waals surface area contributed by atoms with Gasteiger partial charge in [0.05, 0.1) is 0 Å². The molecule has 0 spiro atoms. The highest BCUT2D eigenvalue weighted by Crippen LogP contribution is 2.20. The van der Waals surface area contributed by atoms with Crippen LogP contribution in [0.3, 0.4) is 0 Å². The lowest BCUT2D eigenvalue weighted by Crippen LogP contribution is -2.38. The summed E-state index contributed by atoms with van der Waals surface area (Å²) in [6, 6.07) is 0. The highest BCUT2D eigenvalue weighted by atomic mass is 32.1. The SMILES string of the molecule is CCC(CC)CN(CC)CC(C)(C)CS. The summed E-state index contributed by atoms with van der Waals surface area (Å²) in [6.07, 6.45) is 2.60. The minimum absolute atomic E-state index is 0.338.